The van der Waals surface area contributed by atoms with Gasteiger partial charge in [-0.2, -0.15) is 0 Å². The number of rotatable bonds is 3. The molecule has 90 valence electrons. The van der Waals surface area contributed by atoms with Crippen LogP contribution in [-0.4, -0.2) is 4.98 Å². The minimum absolute atomic E-state index is 0.676. The Bertz CT molecular complexity index is 649. The topological polar surface area (TPSA) is 38.1 Å². The van der Waals surface area contributed by atoms with E-state index in [1.807, 2.05) is 41.8 Å². The molecule has 0 amide bonds. The summed E-state index contributed by atoms with van der Waals surface area (Å²) in [5.74, 6) is 0.676. The molecule has 3 aromatic rings. The molecule has 0 saturated carbocycles. The fourth-order valence-electron chi connectivity index (χ4n) is 1.58. The number of hydrogen-bond acceptors (Lipinski definition) is 4. The van der Waals surface area contributed by atoms with E-state index in [4.69, 9.17) is 16.0 Å². The molecule has 0 bridgehead atoms. The van der Waals surface area contributed by atoms with Gasteiger partial charge in [-0.3, -0.25) is 0 Å². The van der Waals surface area contributed by atoms with Crippen molar-refractivity contribution in [1.82, 2.24) is 4.98 Å². The lowest BCUT2D eigenvalue weighted by molar-refractivity contribution is 0.585. The highest BCUT2D eigenvalue weighted by atomic mass is 35.5. The van der Waals surface area contributed by atoms with Crippen LogP contribution in [0.4, 0.5) is 11.0 Å². The molecular weight excluding hydrogens is 268 g/mol. The molecule has 1 aromatic carbocycles. The number of thiazole rings is 1. The van der Waals surface area contributed by atoms with E-state index in [0.29, 0.717) is 10.9 Å². The number of halogens is 1. The van der Waals surface area contributed by atoms with Gasteiger partial charge in [0.25, 0.3) is 0 Å². The maximum absolute atomic E-state index is 6.14. The fourth-order valence-corrected chi connectivity index (χ4v) is 2.52. The molecule has 0 atom stereocenters. The largest absolute Gasteiger partial charge is 0.449 e. The zero-order chi connectivity index (χ0) is 12.4. The van der Waals surface area contributed by atoms with Crippen molar-refractivity contribution >= 4 is 34.0 Å². The summed E-state index contributed by atoms with van der Waals surface area (Å²) in [4.78, 5) is 4.48. The Morgan fingerprint density at radius 3 is 2.83 bits per heavy atom. The average molecular weight is 277 g/mol. The molecule has 18 heavy (non-hydrogen) atoms. The third-order valence-corrected chi connectivity index (χ3v) is 3.49. The van der Waals surface area contributed by atoms with Crippen molar-refractivity contribution in [1.29, 1.82) is 0 Å². The van der Waals surface area contributed by atoms with Gasteiger partial charge in [-0.15, -0.1) is 11.3 Å². The predicted molar refractivity (Wildman–Crippen MR) is 74.6 cm³/mol. The van der Waals surface area contributed by atoms with Crippen LogP contribution in [0.15, 0.2) is 52.5 Å². The third kappa shape index (κ3) is 2.25. The normalized spacial score (nSPS) is 10.5. The molecule has 2 heterocycles. The van der Waals surface area contributed by atoms with Crippen LogP contribution in [-0.2, 0) is 0 Å². The zero-order valence-electron chi connectivity index (χ0n) is 9.26. The summed E-state index contributed by atoms with van der Waals surface area (Å²) < 4.78 is 5.21. The van der Waals surface area contributed by atoms with E-state index in [-0.39, 0.29) is 0 Å². The van der Waals surface area contributed by atoms with Crippen LogP contribution in [0.1, 0.15) is 0 Å². The van der Waals surface area contributed by atoms with E-state index in [9.17, 15) is 0 Å². The quantitative estimate of drug-likeness (QED) is 0.747. The minimum atomic E-state index is 0.676. The van der Waals surface area contributed by atoms with Gasteiger partial charge in [-0.05, 0) is 12.1 Å². The van der Waals surface area contributed by atoms with Crippen molar-refractivity contribution in [3.8, 4) is 11.3 Å². The van der Waals surface area contributed by atoms with Crippen LogP contribution in [0, 0.1) is 0 Å². The highest BCUT2D eigenvalue weighted by Gasteiger charge is 2.08. The summed E-state index contributed by atoms with van der Waals surface area (Å²) in [6, 6.07) is 11.3. The summed E-state index contributed by atoms with van der Waals surface area (Å²) in [6.07, 6.45) is 1.62. The molecule has 0 aliphatic rings. The maximum atomic E-state index is 6.14. The number of benzene rings is 1. The van der Waals surface area contributed by atoms with Gasteiger partial charge in [-0.25, -0.2) is 4.98 Å². The van der Waals surface area contributed by atoms with Gasteiger partial charge >= 0.3 is 0 Å². The summed E-state index contributed by atoms with van der Waals surface area (Å²) in [7, 11) is 0. The average Bonchev–Trinajstić information content (AvgIpc) is 3.02. The molecule has 0 aliphatic heterocycles. The predicted octanol–water partition coefficient (Wildman–Crippen LogP) is 4.80. The lowest BCUT2D eigenvalue weighted by atomic mass is 10.2. The second-order valence-electron chi connectivity index (χ2n) is 3.62. The first kappa shape index (κ1) is 11.3. The van der Waals surface area contributed by atoms with Crippen molar-refractivity contribution in [2.24, 2.45) is 0 Å². The van der Waals surface area contributed by atoms with Crippen molar-refractivity contribution in [3.63, 3.8) is 0 Å². The number of anilines is 2. The minimum Gasteiger partial charge on any atom is -0.449 e. The lowest BCUT2D eigenvalue weighted by Crippen LogP contribution is -1.87. The van der Waals surface area contributed by atoms with Gasteiger partial charge in [0.1, 0.15) is 0 Å². The van der Waals surface area contributed by atoms with Crippen LogP contribution in [0.2, 0.25) is 5.02 Å². The lowest BCUT2D eigenvalue weighted by Gasteiger charge is -1.99. The van der Waals surface area contributed by atoms with E-state index in [1.165, 1.54) is 11.3 Å². The molecule has 3 rings (SSSR count). The standard InChI is InChI=1S/C13H9ClN2OS/c14-10-5-2-1-4-9(10)11-8-18-13(15-11)16-12-6-3-7-17-12/h1-8H,(H,15,16). The number of hydrogen-bond donors (Lipinski definition) is 1. The Kier molecular flexibility index (Phi) is 3.04. The van der Waals surface area contributed by atoms with Gasteiger partial charge in [0, 0.05) is 22.0 Å². The molecule has 0 spiro atoms. The van der Waals surface area contributed by atoms with Crippen LogP contribution < -0.4 is 5.32 Å². The second kappa shape index (κ2) is 4.84. The Balaban J connectivity index is 1.88. The summed E-state index contributed by atoms with van der Waals surface area (Å²) in [5.41, 5.74) is 1.79. The SMILES string of the molecule is Clc1ccccc1-c1csc(Nc2ccco2)n1. The highest BCUT2D eigenvalue weighted by molar-refractivity contribution is 7.14. The monoisotopic (exact) mass is 276 g/mol. The second-order valence-corrected chi connectivity index (χ2v) is 4.89. The van der Waals surface area contributed by atoms with Gasteiger partial charge in [0.05, 0.1) is 12.0 Å². The third-order valence-electron chi connectivity index (χ3n) is 2.41. The van der Waals surface area contributed by atoms with E-state index >= 15 is 0 Å². The maximum Gasteiger partial charge on any atom is 0.198 e. The van der Waals surface area contributed by atoms with Gasteiger partial charge < -0.3 is 9.73 Å². The van der Waals surface area contributed by atoms with E-state index < -0.39 is 0 Å². The molecule has 0 unspecified atom stereocenters. The molecule has 0 saturated heterocycles. The molecule has 0 aliphatic carbocycles. The molecule has 5 heteroatoms. The molecule has 0 fully saturated rings. The molecule has 0 radical (unpaired) electrons. The first-order chi connectivity index (χ1) is 8.83. The molecular formula is C13H9ClN2OS. The first-order valence-electron chi connectivity index (χ1n) is 5.34. The molecule has 1 N–H and O–H groups in total. The Morgan fingerprint density at radius 1 is 1.17 bits per heavy atom. The number of nitrogens with one attached hydrogen (secondary N) is 1. The van der Waals surface area contributed by atoms with Crippen LogP contribution in [0.25, 0.3) is 11.3 Å². The molecule has 3 nitrogen and oxygen atoms in total. The van der Waals surface area contributed by atoms with Crippen LogP contribution in [0.5, 0.6) is 0 Å². The summed E-state index contributed by atoms with van der Waals surface area (Å²) in [5, 5.41) is 6.53. The smallest absolute Gasteiger partial charge is 0.198 e. The fraction of sp³-hybridized carbons (Fsp3) is 0. The summed E-state index contributed by atoms with van der Waals surface area (Å²) in [6.45, 7) is 0. The Labute approximate surface area is 113 Å². The van der Waals surface area contributed by atoms with Crippen LogP contribution >= 0.6 is 22.9 Å². The summed E-state index contributed by atoms with van der Waals surface area (Å²) >= 11 is 7.65. The van der Waals surface area contributed by atoms with Gasteiger partial charge in [-0.1, -0.05) is 29.8 Å². The first-order valence-corrected chi connectivity index (χ1v) is 6.59. The Hall–Kier alpha value is -1.78. The van der Waals surface area contributed by atoms with E-state index in [1.54, 1.807) is 6.26 Å². The van der Waals surface area contributed by atoms with Crippen molar-refractivity contribution in [3.05, 3.63) is 53.1 Å². The van der Waals surface area contributed by atoms with Crippen molar-refractivity contribution in [2.45, 2.75) is 0 Å². The van der Waals surface area contributed by atoms with Crippen molar-refractivity contribution in [2.75, 3.05) is 5.32 Å². The van der Waals surface area contributed by atoms with E-state index in [2.05, 4.69) is 10.3 Å². The zero-order valence-corrected chi connectivity index (χ0v) is 10.8. The number of aromatic nitrogens is 1. The molecule has 2 aromatic heterocycles. The van der Waals surface area contributed by atoms with Gasteiger partial charge in [0.2, 0.25) is 0 Å². The number of nitrogens with zero attached hydrogens (tertiary/aromatic N) is 1. The van der Waals surface area contributed by atoms with E-state index in [0.717, 1.165) is 16.4 Å². The highest BCUT2D eigenvalue weighted by Crippen LogP contribution is 2.31. The van der Waals surface area contributed by atoms with Gasteiger partial charge in [0.15, 0.2) is 11.0 Å². The number of furan rings is 1. The van der Waals surface area contributed by atoms with Crippen LogP contribution in [0.3, 0.4) is 0 Å². The Morgan fingerprint density at radius 2 is 2.06 bits per heavy atom. The van der Waals surface area contributed by atoms with Crippen molar-refractivity contribution < 1.29 is 4.42 Å².